The van der Waals surface area contributed by atoms with Crippen molar-refractivity contribution in [3.8, 4) is 28.0 Å². The predicted octanol–water partition coefficient (Wildman–Crippen LogP) is 10.9. The topological polar surface area (TPSA) is 60.0 Å². The lowest BCUT2D eigenvalue weighted by molar-refractivity contribution is 0.416. The number of nitrogens with zero attached hydrogens (tertiary/aromatic N) is 2. The zero-order chi connectivity index (χ0) is 35.5. The Balaban J connectivity index is 1.23. The van der Waals surface area contributed by atoms with Crippen LogP contribution >= 0.6 is 0 Å². The minimum Gasteiger partial charge on any atom is -0.496 e. The molecule has 7 aromatic rings. The number of hydrogen-bond donors (Lipinski definition) is 1. The van der Waals surface area contributed by atoms with E-state index in [2.05, 4.69) is 115 Å². The Labute approximate surface area is 306 Å². The first-order valence-corrected chi connectivity index (χ1v) is 17.3. The summed E-state index contributed by atoms with van der Waals surface area (Å²) in [6.45, 7) is 0.547. The lowest BCUT2D eigenvalue weighted by Crippen LogP contribution is -2.06. The highest BCUT2D eigenvalue weighted by atomic mass is 16.5. The first-order valence-electron chi connectivity index (χ1n) is 17.3. The third kappa shape index (κ3) is 7.83. The molecule has 0 aliphatic rings. The number of methoxy groups -OCH3 is 1. The molecule has 0 saturated carbocycles. The molecule has 7 rings (SSSR count). The Kier molecular flexibility index (Phi) is 10.6. The molecule has 0 fully saturated rings. The molecule has 0 atom stereocenters. The molecule has 0 spiro atoms. The van der Waals surface area contributed by atoms with Crippen molar-refractivity contribution in [3.05, 3.63) is 228 Å². The summed E-state index contributed by atoms with van der Waals surface area (Å²) in [6.07, 6.45) is 1.57. The van der Waals surface area contributed by atoms with Gasteiger partial charge in [-0.05, 0) is 40.5 Å². The molecule has 0 heterocycles. The van der Waals surface area contributed by atoms with Crippen LogP contribution in [-0.2, 0) is 6.54 Å². The van der Waals surface area contributed by atoms with Crippen molar-refractivity contribution in [2.24, 2.45) is 15.7 Å². The van der Waals surface area contributed by atoms with Crippen LogP contribution in [0.4, 0.5) is 0 Å². The minimum atomic E-state index is 0.547. The van der Waals surface area contributed by atoms with Gasteiger partial charge >= 0.3 is 0 Å². The van der Waals surface area contributed by atoms with Crippen molar-refractivity contribution in [1.29, 1.82) is 0 Å². The van der Waals surface area contributed by atoms with E-state index in [4.69, 9.17) is 20.5 Å². The van der Waals surface area contributed by atoms with Gasteiger partial charge in [-0.15, -0.1) is 0 Å². The van der Waals surface area contributed by atoms with Gasteiger partial charge in [0.25, 0.3) is 0 Å². The highest BCUT2D eigenvalue weighted by Crippen LogP contribution is 2.30. The van der Waals surface area contributed by atoms with E-state index in [0.717, 1.165) is 72.8 Å². The van der Waals surface area contributed by atoms with Crippen LogP contribution in [0.25, 0.3) is 28.0 Å². The van der Waals surface area contributed by atoms with Gasteiger partial charge in [-0.25, -0.2) is 4.99 Å². The average Bonchev–Trinajstić information content (AvgIpc) is 3.23. The summed E-state index contributed by atoms with van der Waals surface area (Å²) in [5.74, 6) is 0.859. The highest BCUT2D eigenvalue weighted by molar-refractivity contribution is 6.15. The van der Waals surface area contributed by atoms with E-state index >= 15 is 0 Å². The molecule has 0 bridgehead atoms. The van der Waals surface area contributed by atoms with Gasteiger partial charge in [0.1, 0.15) is 5.75 Å². The van der Waals surface area contributed by atoms with Crippen molar-refractivity contribution < 1.29 is 4.74 Å². The van der Waals surface area contributed by atoms with Gasteiger partial charge in [0.15, 0.2) is 0 Å². The van der Waals surface area contributed by atoms with Crippen LogP contribution in [0, 0.1) is 0 Å². The SMILES string of the molecule is COc1ccccc1-c1ccc(CN=C(c2ccccc2)c2cccc(-c3cccc(C(=N/C(=C\N)c4ccccc4)c4ccccc4)c3)c2)cc1. The molecular formula is C48H39N3O. The van der Waals surface area contributed by atoms with Crippen molar-refractivity contribution in [3.63, 3.8) is 0 Å². The molecule has 0 aromatic heterocycles. The Morgan fingerprint density at radius 3 is 1.58 bits per heavy atom. The van der Waals surface area contributed by atoms with E-state index in [9.17, 15) is 0 Å². The molecule has 0 aliphatic heterocycles. The van der Waals surface area contributed by atoms with Gasteiger partial charge in [0.2, 0.25) is 0 Å². The molecule has 4 nitrogen and oxygen atoms in total. The van der Waals surface area contributed by atoms with Gasteiger partial charge in [-0.2, -0.15) is 0 Å². The van der Waals surface area contributed by atoms with Crippen molar-refractivity contribution in [2.45, 2.75) is 6.54 Å². The third-order valence-corrected chi connectivity index (χ3v) is 8.95. The Morgan fingerprint density at radius 2 is 1.00 bits per heavy atom. The second-order valence-electron chi connectivity index (χ2n) is 12.3. The van der Waals surface area contributed by atoms with Gasteiger partial charge in [0, 0.05) is 39.6 Å². The normalized spacial score (nSPS) is 12.1. The molecule has 0 aliphatic carbocycles. The predicted molar refractivity (Wildman–Crippen MR) is 217 cm³/mol. The van der Waals surface area contributed by atoms with Crippen LogP contribution < -0.4 is 10.5 Å². The number of rotatable bonds is 11. The minimum absolute atomic E-state index is 0.547. The number of benzene rings is 7. The van der Waals surface area contributed by atoms with Gasteiger partial charge in [0.05, 0.1) is 30.8 Å². The molecule has 0 radical (unpaired) electrons. The van der Waals surface area contributed by atoms with E-state index < -0.39 is 0 Å². The molecule has 7 aromatic carbocycles. The third-order valence-electron chi connectivity index (χ3n) is 8.95. The Hall–Kier alpha value is -6.78. The second kappa shape index (κ2) is 16.3. The summed E-state index contributed by atoms with van der Waals surface area (Å²) in [5.41, 5.74) is 19.2. The maximum absolute atomic E-state index is 6.14. The Bertz CT molecular complexity index is 2340. The van der Waals surface area contributed by atoms with Crippen molar-refractivity contribution >= 4 is 17.1 Å². The summed E-state index contributed by atoms with van der Waals surface area (Å²) in [7, 11) is 1.71. The smallest absolute Gasteiger partial charge is 0.126 e. The number of para-hydroxylation sites is 1. The van der Waals surface area contributed by atoms with E-state index in [1.165, 1.54) is 0 Å². The van der Waals surface area contributed by atoms with Gasteiger partial charge in [-0.1, -0.05) is 170 Å². The van der Waals surface area contributed by atoms with Crippen LogP contribution in [-0.4, -0.2) is 18.5 Å². The van der Waals surface area contributed by atoms with Crippen LogP contribution in [0.1, 0.15) is 33.4 Å². The van der Waals surface area contributed by atoms with Crippen LogP contribution in [0.3, 0.4) is 0 Å². The van der Waals surface area contributed by atoms with E-state index in [1.54, 1.807) is 13.3 Å². The first-order chi connectivity index (χ1) is 25.7. The molecule has 0 unspecified atom stereocenters. The second-order valence-corrected chi connectivity index (χ2v) is 12.3. The number of aliphatic imine (C=N–C) groups is 2. The molecule has 2 N–H and O–H groups in total. The summed E-state index contributed by atoms with van der Waals surface area (Å²) < 4.78 is 5.59. The summed E-state index contributed by atoms with van der Waals surface area (Å²) in [6, 6.07) is 64.5. The highest BCUT2D eigenvalue weighted by Gasteiger charge is 2.13. The maximum Gasteiger partial charge on any atom is 0.126 e. The van der Waals surface area contributed by atoms with Gasteiger partial charge < -0.3 is 10.5 Å². The van der Waals surface area contributed by atoms with Gasteiger partial charge in [-0.3, -0.25) is 4.99 Å². The van der Waals surface area contributed by atoms with Crippen LogP contribution in [0.15, 0.2) is 204 Å². The molecule has 52 heavy (non-hydrogen) atoms. The average molecular weight is 674 g/mol. The molecule has 252 valence electrons. The van der Waals surface area contributed by atoms with E-state index in [1.807, 2.05) is 72.8 Å². The van der Waals surface area contributed by atoms with Crippen molar-refractivity contribution in [2.75, 3.05) is 7.11 Å². The van der Waals surface area contributed by atoms with E-state index in [-0.39, 0.29) is 0 Å². The number of nitrogens with two attached hydrogens (primary N) is 1. The molecular weight excluding hydrogens is 635 g/mol. The summed E-state index contributed by atoms with van der Waals surface area (Å²) in [5, 5.41) is 0. The number of ether oxygens (including phenoxy) is 1. The quantitative estimate of drug-likeness (QED) is 0.139. The number of hydrogen-bond acceptors (Lipinski definition) is 4. The summed E-state index contributed by atoms with van der Waals surface area (Å²) in [4.78, 5) is 10.4. The monoisotopic (exact) mass is 673 g/mol. The molecule has 0 saturated heterocycles. The Morgan fingerprint density at radius 1 is 0.500 bits per heavy atom. The van der Waals surface area contributed by atoms with Crippen LogP contribution in [0.5, 0.6) is 5.75 Å². The van der Waals surface area contributed by atoms with E-state index in [0.29, 0.717) is 12.2 Å². The first kappa shape index (κ1) is 33.7. The van der Waals surface area contributed by atoms with Crippen molar-refractivity contribution in [1.82, 2.24) is 0 Å². The molecule has 4 heteroatoms. The fourth-order valence-corrected chi connectivity index (χ4v) is 6.30. The zero-order valence-corrected chi connectivity index (χ0v) is 29.1. The summed E-state index contributed by atoms with van der Waals surface area (Å²) >= 11 is 0. The fourth-order valence-electron chi connectivity index (χ4n) is 6.30. The lowest BCUT2D eigenvalue weighted by atomic mass is 9.94. The fraction of sp³-hybridized carbons (Fsp3) is 0.0417. The standard InChI is InChI=1S/C48H39N3O/c1-52-46-26-12-11-25-44(46)36-29-27-35(28-30-36)34-50-47(38-17-7-3-8-18-38)42-23-13-21-40(31-42)41-22-14-24-43(32-41)48(39-19-9-4-10-20-39)51-45(33-49)37-15-5-2-6-16-37/h2-33H,34,49H2,1H3/b45-33-,50-47?,51-48?. The van der Waals surface area contributed by atoms with Crippen LogP contribution in [0.2, 0.25) is 0 Å². The lowest BCUT2D eigenvalue weighted by Gasteiger charge is -2.13. The molecule has 0 amide bonds. The maximum atomic E-state index is 6.14. The zero-order valence-electron chi connectivity index (χ0n) is 29.1. The largest absolute Gasteiger partial charge is 0.496 e.